The van der Waals surface area contributed by atoms with E-state index in [-0.39, 0.29) is 21.8 Å². The van der Waals surface area contributed by atoms with Gasteiger partial charge in [-0.05, 0) is 49.2 Å². The van der Waals surface area contributed by atoms with Gasteiger partial charge in [-0.15, -0.1) is 0 Å². The molecule has 0 fully saturated rings. The molecule has 4 rings (SSSR count). The van der Waals surface area contributed by atoms with E-state index in [1.54, 1.807) is 10.6 Å². The average Bonchev–Trinajstić information content (AvgIpc) is 3.00. The van der Waals surface area contributed by atoms with Crippen molar-refractivity contribution in [2.24, 2.45) is 0 Å². The third-order valence-corrected chi connectivity index (χ3v) is 5.32. The van der Waals surface area contributed by atoms with Gasteiger partial charge in [0.15, 0.2) is 6.61 Å². The number of ether oxygens (including phenoxy) is 1. The van der Waals surface area contributed by atoms with Gasteiger partial charge in [-0.3, -0.25) is 14.2 Å². The Balaban J connectivity index is 1.48. The number of aromatic nitrogens is 2. The largest absolute Gasteiger partial charge is 0.452 e. The number of anilines is 1. The van der Waals surface area contributed by atoms with Crippen molar-refractivity contribution in [3.63, 3.8) is 0 Å². The van der Waals surface area contributed by atoms with Gasteiger partial charge < -0.3 is 10.1 Å². The molecule has 1 aliphatic rings. The van der Waals surface area contributed by atoms with Crippen LogP contribution in [0.25, 0.3) is 10.9 Å². The minimum absolute atomic E-state index is 0.107. The van der Waals surface area contributed by atoms with Gasteiger partial charge in [0.25, 0.3) is 11.5 Å². The van der Waals surface area contributed by atoms with E-state index < -0.39 is 24.3 Å². The van der Waals surface area contributed by atoms with Gasteiger partial charge in [-0.1, -0.05) is 18.0 Å². The summed E-state index contributed by atoms with van der Waals surface area (Å²) in [5, 5.41) is 2.99. The van der Waals surface area contributed by atoms with Gasteiger partial charge in [0.2, 0.25) is 0 Å². The lowest BCUT2D eigenvalue weighted by Gasteiger charge is -2.11. The molecule has 3 aromatic rings. The highest BCUT2D eigenvalue weighted by Crippen LogP contribution is 2.20. The lowest BCUT2D eigenvalue weighted by molar-refractivity contribution is -0.119. The average molecular weight is 444 g/mol. The zero-order chi connectivity index (χ0) is 22.0. The number of carbonyl (C=O) groups is 2. The first-order valence-electron chi connectivity index (χ1n) is 9.88. The van der Waals surface area contributed by atoms with E-state index in [4.69, 9.17) is 16.3 Å². The van der Waals surface area contributed by atoms with Gasteiger partial charge in [0, 0.05) is 18.0 Å². The molecule has 0 unspecified atom stereocenters. The van der Waals surface area contributed by atoms with Gasteiger partial charge in [0.1, 0.15) is 11.6 Å². The van der Waals surface area contributed by atoms with E-state index in [9.17, 15) is 18.8 Å². The molecule has 9 heteroatoms. The number of rotatable bonds is 4. The fourth-order valence-corrected chi connectivity index (χ4v) is 3.71. The Bertz CT molecular complexity index is 1240. The number of nitrogens with zero attached hydrogens (tertiary/aromatic N) is 2. The van der Waals surface area contributed by atoms with Gasteiger partial charge in [-0.2, -0.15) is 0 Å². The molecule has 0 spiro atoms. The fraction of sp³-hybridized carbons (Fsp3) is 0.273. The van der Waals surface area contributed by atoms with Crippen LogP contribution in [0.3, 0.4) is 0 Å². The zero-order valence-corrected chi connectivity index (χ0v) is 17.2. The maximum Gasteiger partial charge on any atom is 0.338 e. The topological polar surface area (TPSA) is 90.3 Å². The Morgan fingerprint density at radius 2 is 2.00 bits per heavy atom. The van der Waals surface area contributed by atoms with Crippen molar-refractivity contribution in [1.82, 2.24) is 9.55 Å². The van der Waals surface area contributed by atoms with Crippen LogP contribution < -0.4 is 10.9 Å². The number of aryl methyl sites for hydroxylation is 1. The monoisotopic (exact) mass is 443 g/mol. The number of halogens is 2. The molecule has 0 atom stereocenters. The van der Waals surface area contributed by atoms with Crippen molar-refractivity contribution in [2.45, 2.75) is 32.2 Å². The number of nitrogens with one attached hydrogen (secondary N) is 1. The highest BCUT2D eigenvalue weighted by atomic mass is 35.5. The predicted molar refractivity (Wildman–Crippen MR) is 114 cm³/mol. The summed E-state index contributed by atoms with van der Waals surface area (Å²) in [6.45, 7) is 0.0341. The smallest absolute Gasteiger partial charge is 0.338 e. The van der Waals surface area contributed by atoms with Crippen LogP contribution in [0.5, 0.6) is 0 Å². The quantitative estimate of drug-likeness (QED) is 0.621. The highest BCUT2D eigenvalue weighted by Gasteiger charge is 2.17. The molecule has 0 radical (unpaired) electrons. The van der Waals surface area contributed by atoms with Crippen LogP contribution in [0, 0.1) is 5.82 Å². The summed E-state index contributed by atoms with van der Waals surface area (Å²) in [6, 6.07) is 8.22. The van der Waals surface area contributed by atoms with Crippen LogP contribution >= 0.6 is 11.6 Å². The Labute approximate surface area is 181 Å². The van der Waals surface area contributed by atoms with E-state index in [0.717, 1.165) is 25.3 Å². The summed E-state index contributed by atoms with van der Waals surface area (Å²) in [7, 11) is 0. The summed E-state index contributed by atoms with van der Waals surface area (Å²) >= 11 is 5.79. The van der Waals surface area contributed by atoms with Crippen molar-refractivity contribution < 1.29 is 18.7 Å². The number of amides is 1. The van der Waals surface area contributed by atoms with E-state index >= 15 is 0 Å². The predicted octanol–water partition coefficient (Wildman–Crippen LogP) is 3.71. The standard InChI is InChI=1S/C22H19ClFN3O4/c23-14-6-8-16(24)18(11-14)26-20(28)12-31-22(30)13-5-7-15-17(10-13)25-19-4-2-1-3-9-27(19)21(15)29/h5-8,10-11H,1-4,9,12H2,(H,26,28). The minimum atomic E-state index is -0.750. The minimum Gasteiger partial charge on any atom is -0.452 e. The Morgan fingerprint density at radius 3 is 2.84 bits per heavy atom. The van der Waals surface area contributed by atoms with Gasteiger partial charge >= 0.3 is 5.97 Å². The zero-order valence-electron chi connectivity index (χ0n) is 16.5. The van der Waals surface area contributed by atoms with Crippen molar-refractivity contribution in [3.05, 3.63) is 69.0 Å². The van der Waals surface area contributed by atoms with Crippen LogP contribution in [0.4, 0.5) is 10.1 Å². The van der Waals surface area contributed by atoms with Crippen LogP contribution in [0.15, 0.2) is 41.2 Å². The van der Waals surface area contributed by atoms with E-state index in [0.29, 0.717) is 29.7 Å². The molecule has 160 valence electrons. The van der Waals surface area contributed by atoms with Crippen LogP contribution in [0.1, 0.15) is 35.4 Å². The van der Waals surface area contributed by atoms with Crippen molar-refractivity contribution >= 4 is 40.1 Å². The summed E-state index contributed by atoms with van der Waals surface area (Å²) < 4.78 is 20.4. The van der Waals surface area contributed by atoms with Gasteiger partial charge in [0.05, 0.1) is 22.2 Å². The molecule has 1 N–H and O–H groups in total. The SMILES string of the molecule is O=C(COC(=O)c1ccc2c(=O)n3c(nc2c1)CCCCC3)Nc1cc(Cl)ccc1F. The lowest BCUT2D eigenvalue weighted by Crippen LogP contribution is -2.25. The molecule has 1 aliphatic heterocycles. The second kappa shape index (κ2) is 8.85. The summed E-state index contributed by atoms with van der Waals surface area (Å²) in [5.74, 6) is -1.41. The number of benzene rings is 2. The van der Waals surface area contributed by atoms with Crippen molar-refractivity contribution in [3.8, 4) is 0 Å². The third kappa shape index (κ3) is 4.59. The number of carbonyl (C=O) groups excluding carboxylic acids is 2. The van der Waals surface area contributed by atoms with E-state index in [1.165, 1.54) is 24.3 Å². The normalized spacial score (nSPS) is 13.4. The molecular formula is C22H19ClFN3O4. The van der Waals surface area contributed by atoms with Crippen LogP contribution in [-0.4, -0.2) is 28.0 Å². The van der Waals surface area contributed by atoms with Gasteiger partial charge in [-0.25, -0.2) is 14.2 Å². The first-order chi connectivity index (χ1) is 14.9. The van der Waals surface area contributed by atoms with Crippen molar-refractivity contribution in [2.75, 3.05) is 11.9 Å². The van der Waals surface area contributed by atoms with Crippen molar-refractivity contribution in [1.29, 1.82) is 0 Å². The fourth-order valence-electron chi connectivity index (χ4n) is 3.54. The Morgan fingerprint density at radius 1 is 1.16 bits per heavy atom. The summed E-state index contributed by atoms with van der Waals surface area (Å²) in [4.78, 5) is 41.7. The van der Waals surface area contributed by atoms with Crippen LogP contribution in [0.2, 0.25) is 5.02 Å². The molecule has 0 aliphatic carbocycles. The molecule has 7 nitrogen and oxygen atoms in total. The maximum absolute atomic E-state index is 13.7. The van der Waals surface area contributed by atoms with Crippen LogP contribution in [-0.2, 0) is 22.5 Å². The molecule has 2 heterocycles. The maximum atomic E-state index is 13.7. The first-order valence-corrected chi connectivity index (χ1v) is 10.3. The highest BCUT2D eigenvalue weighted by molar-refractivity contribution is 6.30. The molecule has 0 saturated carbocycles. The second-order valence-corrected chi connectivity index (χ2v) is 7.71. The number of hydrogen-bond acceptors (Lipinski definition) is 5. The third-order valence-electron chi connectivity index (χ3n) is 5.09. The molecular weight excluding hydrogens is 425 g/mol. The number of fused-ring (bicyclic) bond motifs is 2. The van der Waals surface area contributed by atoms with E-state index in [2.05, 4.69) is 10.3 Å². The summed E-state index contributed by atoms with van der Waals surface area (Å²) in [5.41, 5.74) is 0.354. The molecule has 0 saturated heterocycles. The number of esters is 1. The Hall–Kier alpha value is -3.26. The lowest BCUT2D eigenvalue weighted by atomic mass is 10.1. The molecule has 1 aromatic heterocycles. The second-order valence-electron chi connectivity index (χ2n) is 7.28. The first kappa shape index (κ1) is 21.0. The summed E-state index contributed by atoms with van der Waals surface area (Å²) in [6.07, 6.45) is 3.64. The van der Waals surface area contributed by atoms with E-state index in [1.807, 2.05) is 0 Å². The molecule has 0 bridgehead atoms. The number of hydrogen-bond donors (Lipinski definition) is 1. The molecule has 31 heavy (non-hydrogen) atoms. The molecule has 1 amide bonds. The molecule has 2 aromatic carbocycles. The Kier molecular flexibility index (Phi) is 5.99.